The number of ether oxygens (including phenoxy) is 2. The molecule has 1 saturated heterocycles. The first-order valence-electron chi connectivity index (χ1n) is 7.26. The van der Waals surface area contributed by atoms with Gasteiger partial charge < -0.3 is 14.8 Å². The van der Waals surface area contributed by atoms with E-state index in [-0.39, 0.29) is 5.97 Å². The zero-order chi connectivity index (χ0) is 14.2. The van der Waals surface area contributed by atoms with Crippen LogP contribution in [0, 0.1) is 5.92 Å². The molecule has 0 aromatic carbocycles. The normalized spacial score (nSPS) is 18.6. The highest BCUT2D eigenvalue weighted by molar-refractivity contribution is 5.89. The van der Waals surface area contributed by atoms with Crippen LogP contribution in [0.3, 0.4) is 0 Å². The Balaban J connectivity index is 1.74. The van der Waals surface area contributed by atoms with E-state index in [4.69, 9.17) is 9.47 Å². The van der Waals surface area contributed by atoms with Crippen molar-refractivity contribution < 1.29 is 14.3 Å². The van der Waals surface area contributed by atoms with Crippen LogP contribution in [-0.4, -0.2) is 37.3 Å². The minimum Gasteiger partial charge on any atom is -0.478 e. The zero-order valence-corrected chi connectivity index (χ0v) is 11.9. The molecule has 0 saturated carbocycles. The van der Waals surface area contributed by atoms with Crippen molar-refractivity contribution in [1.82, 2.24) is 10.3 Å². The molecule has 1 atom stereocenters. The van der Waals surface area contributed by atoms with E-state index >= 15 is 0 Å². The Kier molecular flexibility index (Phi) is 5.80. The Morgan fingerprint density at radius 1 is 1.50 bits per heavy atom. The highest BCUT2D eigenvalue weighted by Crippen LogP contribution is 2.15. The number of hydrogen-bond donors (Lipinski definition) is 1. The first-order valence-corrected chi connectivity index (χ1v) is 7.26. The summed E-state index contributed by atoms with van der Waals surface area (Å²) < 4.78 is 10.5. The third-order valence-electron chi connectivity index (χ3n) is 3.42. The van der Waals surface area contributed by atoms with Crippen LogP contribution in [0.4, 0.5) is 0 Å². The number of nitrogens with one attached hydrogen (secondary N) is 1. The SMILES string of the molecule is CCOC(=O)c1ccc(OCCC2CCCNC2)nc1. The van der Waals surface area contributed by atoms with E-state index in [2.05, 4.69) is 10.3 Å². The molecule has 1 aromatic rings. The summed E-state index contributed by atoms with van der Waals surface area (Å²) in [7, 11) is 0. The maximum atomic E-state index is 11.5. The second-order valence-electron chi connectivity index (χ2n) is 4.96. The van der Waals surface area contributed by atoms with Crippen LogP contribution < -0.4 is 10.1 Å². The fraction of sp³-hybridized carbons (Fsp3) is 0.600. The van der Waals surface area contributed by atoms with Crippen molar-refractivity contribution in [3.63, 3.8) is 0 Å². The van der Waals surface area contributed by atoms with Gasteiger partial charge in [0.2, 0.25) is 5.88 Å². The van der Waals surface area contributed by atoms with E-state index in [9.17, 15) is 4.79 Å². The van der Waals surface area contributed by atoms with E-state index in [1.807, 2.05) is 0 Å². The minimum absolute atomic E-state index is 0.347. The molecular weight excluding hydrogens is 256 g/mol. The van der Waals surface area contributed by atoms with Crippen molar-refractivity contribution >= 4 is 5.97 Å². The van der Waals surface area contributed by atoms with E-state index < -0.39 is 0 Å². The molecule has 0 bridgehead atoms. The lowest BCUT2D eigenvalue weighted by Gasteiger charge is -2.22. The quantitative estimate of drug-likeness (QED) is 0.807. The largest absolute Gasteiger partial charge is 0.478 e. The lowest BCUT2D eigenvalue weighted by Crippen LogP contribution is -2.30. The van der Waals surface area contributed by atoms with Gasteiger partial charge in [-0.05, 0) is 51.3 Å². The van der Waals surface area contributed by atoms with Gasteiger partial charge in [-0.1, -0.05) is 0 Å². The van der Waals surface area contributed by atoms with Gasteiger partial charge in [-0.15, -0.1) is 0 Å². The van der Waals surface area contributed by atoms with Crippen LogP contribution in [0.15, 0.2) is 18.3 Å². The standard InChI is InChI=1S/C15H22N2O3/c1-2-19-15(18)13-5-6-14(17-11-13)20-9-7-12-4-3-8-16-10-12/h5-6,11-12,16H,2-4,7-10H2,1H3. The van der Waals surface area contributed by atoms with E-state index in [0.717, 1.165) is 19.5 Å². The molecule has 5 nitrogen and oxygen atoms in total. The van der Waals surface area contributed by atoms with Gasteiger partial charge in [-0.2, -0.15) is 0 Å². The number of carbonyl (C=O) groups excluding carboxylic acids is 1. The highest BCUT2D eigenvalue weighted by atomic mass is 16.5. The topological polar surface area (TPSA) is 60.5 Å². The maximum Gasteiger partial charge on any atom is 0.339 e. The molecule has 0 spiro atoms. The second-order valence-corrected chi connectivity index (χ2v) is 4.96. The Bertz CT molecular complexity index is 414. The van der Waals surface area contributed by atoms with Crippen LogP contribution >= 0.6 is 0 Å². The number of piperidine rings is 1. The molecule has 1 aliphatic rings. The molecule has 1 unspecified atom stereocenters. The van der Waals surface area contributed by atoms with Gasteiger partial charge >= 0.3 is 5.97 Å². The molecule has 0 radical (unpaired) electrons. The molecule has 0 amide bonds. The molecule has 0 aliphatic carbocycles. The van der Waals surface area contributed by atoms with Gasteiger partial charge in [0.25, 0.3) is 0 Å². The molecule has 1 N–H and O–H groups in total. The van der Waals surface area contributed by atoms with Gasteiger partial charge in [0.05, 0.1) is 18.8 Å². The fourth-order valence-corrected chi connectivity index (χ4v) is 2.30. The van der Waals surface area contributed by atoms with Gasteiger partial charge in [-0.3, -0.25) is 0 Å². The van der Waals surface area contributed by atoms with E-state index in [1.165, 1.54) is 19.0 Å². The van der Waals surface area contributed by atoms with Crippen molar-refractivity contribution in [1.29, 1.82) is 0 Å². The molecule has 1 aliphatic heterocycles. The number of rotatable bonds is 6. The van der Waals surface area contributed by atoms with Crippen LogP contribution in [0.5, 0.6) is 5.88 Å². The first kappa shape index (κ1) is 14.8. The summed E-state index contributed by atoms with van der Waals surface area (Å²) in [4.78, 5) is 15.6. The van der Waals surface area contributed by atoms with Crippen molar-refractivity contribution in [2.75, 3.05) is 26.3 Å². The van der Waals surface area contributed by atoms with Gasteiger partial charge in [0.15, 0.2) is 0 Å². The minimum atomic E-state index is -0.347. The van der Waals surface area contributed by atoms with Crippen LogP contribution in [0.25, 0.3) is 0 Å². The molecule has 5 heteroatoms. The number of hydrogen-bond acceptors (Lipinski definition) is 5. The smallest absolute Gasteiger partial charge is 0.339 e. The average Bonchev–Trinajstić information content (AvgIpc) is 2.49. The first-order chi connectivity index (χ1) is 9.79. The Morgan fingerprint density at radius 3 is 3.05 bits per heavy atom. The summed E-state index contributed by atoms with van der Waals surface area (Å²) in [6.45, 7) is 5.03. The molecule has 1 aromatic heterocycles. The third kappa shape index (κ3) is 4.49. The Labute approximate surface area is 119 Å². The van der Waals surface area contributed by atoms with Crippen LogP contribution in [0.1, 0.15) is 36.5 Å². The molecule has 2 rings (SSSR count). The predicted molar refractivity (Wildman–Crippen MR) is 75.9 cm³/mol. The summed E-state index contributed by atoms with van der Waals surface area (Å²) in [6, 6.07) is 3.40. The molecule has 20 heavy (non-hydrogen) atoms. The van der Waals surface area contributed by atoms with Crippen LogP contribution in [0.2, 0.25) is 0 Å². The maximum absolute atomic E-state index is 11.5. The van der Waals surface area contributed by atoms with Crippen LogP contribution in [-0.2, 0) is 4.74 Å². The molecule has 110 valence electrons. The Morgan fingerprint density at radius 2 is 2.40 bits per heavy atom. The van der Waals surface area contributed by atoms with Crippen molar-refractivity contribution in [3.05, 3.63) is 23.9 Å². The van der Waals surface area contributed by atoms with Crippen molar-refractivity contribution in [3.8, 4) is 5.88 Å². The number of nitrogens with zero attached hydrogens (tertiary/aromatic N) is 1. The molecule has 1 fully saturated rings. The van der Waals surface area contributed by atoms with Crippen molar-refractivity contribution in [2.45, 2.75) is 26.2 Å². The summed E-state index contributed by atoms with van der Waals surface area (Å²) in [5.41, 5.74) is 0.454. The number of aromatic nitrogens is 1. The number of esters is 1. The lowest BCUT2D eigenvalue weighted by molar-refractivity contribution is 0.0526. The summed E-state index contributed by atoms with van der Waals surface area (Å²) in [6.07, 6.45) is 5.05. The summed E-state index contributed by atoms with van der Waals surface area (Å²) >= 11 is 0. The molecular formula is C15H22N2O3. The average molecular weight is 278 g/mol. The number of carbonyl (C=O) groups is 1. The van der Waals surface area contributed by atoms with Gasteiger partial charge in [0.1, 0.15) is 0 Å². The fourth-order valence-electron chi connectivity index (χ4n) is 2.30. The highest BCUT2D eigenvalue weighted by Gasteiger charge is 2.13. The van der Waals surface area contributed by atoms with E-state index in [1.54, 1.807) is 19.1 Å². The lowest BCUT2D eigenvalue weighted by atomic mass is 9.97. The monoisotopic (exact) mass is 278 g/mol. The second kappa shape index (κ2) is 7.85. The Hall–Kier alpha value is -1.62. The summed E-state index contributed by atoms with van der Waals surface area (Å²) in [5, 5.41) is 3.39. The van der Waals surface area contributed by atoms with Crippen molar-refractivity contribution in [2.24, 2.45) is 5.92 Å². The predicted octanol–water partition coefficient (Wildman–Crippen LogP) is 2.03. The van der Waals surface area contributed by atoms with E-state index in [0.29, 0.717) is 30.6 Å². The summed E-state index contributed by atoms with van der Waals surface area (Å²) in [5.74, 6) is 0.907. The number of pyridine rings is 1. The zero-order valence-electron chi connectivity index (χ0n) is 11.9. The van der Waals surface area contributed by atoms with Gasteiger partial charge in [0, 0.05) is 12.3 Å². The molecule has 2 heterocycles. The third-order valence-corrected chi connectivity index (χ3v) is 3.42. The van der Waals surface area contributed by atoms with Gasteiger partial charge in [-0.25, -0.2) is 9.78 Å².